The first-order valence-electron chi connectivity index (χ1n) is 9.20. The first kappa shape index (κ1) is 18.2. The number of methoxy groups -OCH3 is 1. The van der Waals surface area contributed by atoms with Gasteiger partial charge in [0, 0.05) is 18.8 Å². The zero-order chi connectivity index (χ0) is 18.7. The molecule has 2 heterocycles. The van der Waals surface area contributed by atoms with Gasteiger partial charge in [0.1, 0.15) is 5.69 Å². The molecule has 0 aliphatic carbocycles. The summed E-state index contributed by atoms with van der Waals surface area (Å²) in [7, 11) is 1.37. The van der Waals surface area contributed by atoms with E-state index in [1.54, 1.807) is 0 Å². The maximum Gasteiger partial charge on any atom is 0.339 e. The first-order chi connectivity index (χ1) is 12.6. The Morgan fingerprint density at radius 3 is 2.42 bits per heavy atom. The van der Waals surface area contributed by atoms with Crippen molar-refractivity contribution in [2.24, 2.45) is 0 Å². The maximum atomic E-state index is 13.0. The average Bonchev–Trinajstić information content (AvgIpc) is 3.04. The number of nitrogens with zero attached hydrogens (tertiary/aromatic N) is 1. The number of ether oxygens (including phenoxy) is 1. The van der Waals surface area contributed by atoms with Crippen LogP contribution in [-0.2, 0) is 11.2 Å². The predicted molar refractivity (Wildman–Crippen MR) is 101 cm³/mol. The summed E-state index contributed by atoms with van der Waals surface area (Å²) < 4.78 is 4.88. The molecule has 0 spiro atoms. The summed E-state index contributed by atoms with van der Waals surface area (Å²) >= 11 is 0. The van der Waals surface area contributed by atoms with Gasteiger partial charge in [-0.25, -0.2) is 4.79 Å². The Kier molecular flexibility index (Phi) is 5.45. The van der Waals surface area contributed by atoms with Crippen LogP contribution >= 0.6 is 0 Å². The molecule has 1 amide bonds. The van der Waals surface area contributed by atoms with Crippen molar-refractivity contribution >= 4 is 11.9 Å². The minimum atomic E-state index is -0.391. The molecule has 1 saturated heterocycles. The van der Waals surface area contributed by atoms with Crippen LogP contribution in [0.1, 0.15) is 63.4 Å². The quantitative estimate of drug-likeness (QED) is 0.852. The number of esters is 1. The van der Waals surface area contributed by atoms with Gasteiger partial charge < -0.3 is 14.6 Å². The van der Waals surface area contributed by atoms with E-state index < -0.39 is 5.97 Å². The van der Waals surface area contributed by atoms with Crippen molar-refractivity contribution in [3.8, 4) is 0 Å². The molecule has 3 rings (SSSR count). The third-order valence-corrected chi connectivity index (χ3v) is 5.34. The molecule has 1 N–H and O–H groups in total. The minimum Gasteiger partial charge on any atom is -0.465 e. The highest BCUT2D eigenvalue weighted by molar-refractivity contribution is 6.00. The van der Waals surface area contributed by atoms with Gasteiger partial charge in [-0.3, -0.25) is 4.79 Å². The van der Waals surface area contributed by atoms with E-state index in [2.05, 4.69) is 29.2 Å². The SMILES string of the molecule is CCc1[nH]c(C(=O)N2CCC(c3ccccc3)CC2)c(C)c1C(=O)OC. The van der Waals surface area contributed by atoms with Gasteiger partial charge in [-0.1, -0.05) is 37.3 Å². The fraction of sp³-hybridized carbons (Fsp3) is 0.429. The largest absolute Gasteiger partial charge is 0.465 e. The Labute approximate surface area is 154 Å². The number of aromatic nitrogens is 1. The normalized spacial score (nSPS) is 15.1. The van der Waals surface area contributed by atoms with E-state index in [1.165, 1.54) is 12.7 Å². The van der Waals surface area contributed by atoms with Crippen LogP contribution in [0.15, 0.2) is 30.3 Å². The monoisotopic (exact) mass is 354 g/mol. The Balaban J connectivity index is 1.75. The molecule has 1 aromatic carbocycles. The molecular weight excluding hydrogens is 328 g/mol. The number of likely N-dealkylation sites (tertiary alicyclic amines) is 1. The number of aryl methyl sites for hydroxylation is 1. The van der Waals surface area contributed by atoms with Crippen molar-refractivity contribution in [1.29, 1.82) is 0 Å². The molecule has 2 aromatic rings. The number of piperidine rings is 1. The summed E-state index contributed by atoms with van der Waals surface area (Å²) in [6, 6.07) is 10.5. The molecule has 1 aromatic heterocycles. The predicted octanol–water partition coefficient (Wildman–Crippen LogP) is 3.69. The van der Waals surface area contributed by atoms with Gasteiger partial charge in [0.2, 0.25) is 0 Å². The number of amides is 1. The first-order valence-corrected chi connectivity index (χ1v) is 9.20. The number of aromatic amines is 1. The zero-order valence-electron chi connectivity index (χ0n) is 15.7. The fourth-order valence-corrected chi connectivity index (χ4v) is 3.82. The van der Waals surface area contributed by atoms with Gasteiger partial charge in [0.25, 0.3) is 5.91 Å². The highest BCUT2D eigenvalue weighted by atomic mass is 16.5. The molecule has 1 fully saturated rings. The molecule has 1 aliphatic heterocycles. The Hall–Kier alpha value is -2.56. The second-order valence-electron chi connectivity index (χ2n) is 6.80. The molecule has 138 valence electrons. The van der Waals surface area contributed by atoms with Gasteiger partial charge >= 0.3 is 5.97 Å². The maximum absolute atomic E-state index is 13.0. The lowest BCUT2D eigenvalue weighted by Gasteiger charge is -2.32. The van der Waals surface area contributed by atoms with E-state index in [4.69, 9.17) is 4.74 Å². The smallest absolute Gasteiger partial charge is 0.339 e. The second-order valence-corrected chi connectivity index (χ2v) is 6.80. The van der Waals surface area contributed by atoms with E-state index in [1.807, 2.05) is 24.8 Å². The Bertz CT molecular complexity index is 787. The van der Waals surface area contributed by atoms with Gasteiger partial charge in [-0.15, -0.1) is 0 Å². The molecule has 26 heavy (non-hydrogen) atoms. The summed E-state index contributed by atoms with van der Waals surface area (Å²) in [4.78, 5) is 30.1. The standard InChI is InChI=1S/C21H26N2O3/c1-4-17-18(21(25)26-3)14(2)19(22-17)20(24)23-12-10-16(11-13-23)15-8-6-5-7-9-15/h5-9,16,22H,4,10-13H2,1-3H3. The lowest BCUT2D eigenvalue weighted by molar-refractivity contribution is 0.0599. The van der Waals surface area contributed by atoms with Crippen LogP contribution in [0.25, 0.3) is 0 Å². The number of nitrogens with one attached hydrogen (secondary N) is 1. The van der Waals surface area contributed by atoms with Gasteiger partial charge in [0.05, 0.1) is 12.7 Å². The molecular formula is C21H26N2O3. The molecule has 5 nitrogen and oxygen atoms in total. The summed E-state index contributed by atoms with van der Waals surface area (Å²) in [6.07, 6.45) is 2.56. The number of H-pyrrole nitrogens is 1. The number of hydrogen-bond acceptors (Lipinski definition) is 3. The number of carbonyl (C=O) groups excluding carboxylic acids is 2. The molecule has 5 heteroatoms. The number of carbonyl (C=O) groups is 2. The van der Waals surface area contributed by atoms with Gasteiger partial charge in [-0.2, -0.15) is 0 Å². The van der Waals surface area contributed by atoms with Crippen LogP contribution in [0, 0.1) is 6.92 Å². The summed E-state index contributed by atoms with van der Waals surface area (Å²) in [5.41, 5.74) is 3.80. The van der Waals surface area contributed by atoms with E-state index in [9.17, 15) is 9.59 Å². The van der Waals surface area contributed by atoms with Crippen molar-refractivity contribution < 1.29 is 14.3 Å². The van der Waals surface area contributed by atoms with Crippen molar-refractivity contribution in [2.45, 2.75) is 39.0 Å². The fourth-order valence-electron chi connectivity index (χ4n) is 3.82. The van der Waals surface area contributed by atoms with Crippen LogP contribution in [0.2, 0.25) is 0 Å². The van der Waals surface area contributed by atoms with Crippen LogP contribution in [-0.4, -0.2) is 42.0 Å². The lowest BCUT2D eigenvalue weighted by Crippen LogP contribution is -2.38. The van der Waals surface area contributed by atoms with Crippen LogP contribution in [0.4, 0.5) is 0 Å². The van der Waals surface area contributed by atoms with E-state index in [0.29, 0.717) is 29.2 Å². The average molecular weight is 354 g/mol. The second kappa shape index (κ2) is 7.77. The number of rotatable bonds is 4. The zero-order valence-corrected chi connectivity index (χ0v) is 15.7. The van der Waals surface area contributed by atoms with Crippen LogP contribution < -0.4 is 0 Å². The third kappa shape index (κ3) is 3.39. The molecule has 0 bridgehead atoms. The lowest BCUT2D eigenvalue weighted by atomic mass is 9.89. The molecule has 0 radical (unpaired) electrons. The number of benzene rings is 1. The van der Waals surface area contributed by atoms with E-state index >= 15 is 0 Å². The summed E-state index contributed by atoms with van der Waals surface area (Å²) in [5.74, 6) is 0.0816. The highest BCUT2D eigenvalue weighted by Gasteiger charge is 2.29. The number of hydrogen-bond donors (Lipinski definition) is 1. The summed E-state index contributed by atoms with van der Waals surface area (Å²) in [5, 5.41) is 0. The Morgan fingerprint density at radius 2 is 1.85 bits per heavy atom. The van der Waals surface area contributed by atoms with Crippen molar-refractivity contribution in [3.63, 3.8) is 0 Å². The van der Waals surface area contributed by atoms with Crippen LogP contribution in [0.3, 0.4) is 0 Å². The van der Waals surface area contributed by atoms with E-state index in [-0.39, 0.29) is 5.91 Å². The molecule has 0 atom stereocenters. The Morgan fingerprint density at radius 1 is 1.19 bits per heavy atom. The highest BCUT2D eigenvalue weighted by Crippen LogP contribution is 2.29. The molecule has 1 aliphatic rings. The summed E-state index contributed by atoms with van der Waals surface area (Å²) in [6.45, 7) is 5.22. The van der Waals surface area contributed by atoms with Crippen molar-refractivity contribution in [1.82, 2.24) is 9.88 Å². The topological polar surface area (TPSA) is 62.4 Å². The van der Waals surface area contributed by atoms with Crippen molar-refractivity contribution in [2.75, 3.05) is 20.2 Å². The minimum absolute atomic E-state index is 0.0288. The van der Waals surface area contributed by atoms with Crippen molar-refractivity contribution in [3.05, 3.63) is 58.4 Å². The van der Waals surface area contributed by atoms with Gasteiger partial charge in [0.15, 0.2) is 0 Å². The molecule has 0 unspecified atom stereocenters. The third-order valence-electron chi connectivity index (χ3n) is 5.34. The van der Waals surface area contributed by atoms with Crippen LogP contribution in [0.5, 0.6) is 0 Å². The van der Waals surface area contributed by atoms with E-state index in [0.717, 1.165) is 31.6 Å². The van der Waals surface area contributed by atoms with Gasteiger partial charge in [-0.05, 0) is 43.2 Å². The molecule has 0 saturated carbocycles.